The van der Waals surface area contributed by atoms with Crippen LogP contribution in [0.5, 0.6) is 0 Å². The molecule has 0 radical (unpaired) electrons. The predicted molar refractivity (Wildman–Crippen MR) is 110 cm³/mol. The highest BCUT2D eigenvalue weighted by Crippen LogP contribution is 2.66. The molecule has 1 aromatic heterocycles. The Hall–Kier alpha value is -2.10. The Morgan fingerprint density at radius 1 is 1.18 bits per heavy atom. The normalized spacial score (nSPS) is 33.2. The van der Waals surface area contributed by atoms with Crippen molar-refractivity contribution < 1.29 is 4.79 Å². The van der Waals surface area contributed by atoms with Crippen LogP contribution in [0, 0.1) is 24.2 Å². The fraction of sp³-hybridized carbons (Fsp3) is 0.583. The lowest BCUT2D eigenvalue weighted by molar-refractivity contribution is -0.159. The quantitative estimate of drug-likeness (QED) is 0.800. The number of carbonyl (C=O) groups excluding carboxylic acids is 1. The molecule has 2 atom stereocenters. The molecule has 1 aromatic carbocycles. The minimum Gasteiger partial charge on any atom is -0.341 e. The van der Waals surface area contributed by atoms with E-state index in [1.165, 1.54) is 30.4 Å². The number of benzene rings is 1. The first-order chi connectivity index (χ1) is 13.4. The summed E-state index contributed by atoms with van der Waals surface area (Å²) in [4.78, 5) is 15.7. The van der Waals surface area contributed by atoms with Crippen molar-refractivity contribution in [2.75, 3.05) is 7.05 Å². The van der Waals surface area contributed by atoms with Gasteiger partial charge in [-0.25, -0.2) is 0 Å². The summed E-state index contributed by atoms with van der Waals surface area (Å²) in [6, 6.07) is 9.16. The molecule has 4 aliphatic rings. The molecule has 4 bridgehead atoms. The van der Waals surface area contributed by atoms with Crippen LogP contribution in [0.15, 0.2) is 36.7 Å². The van der Waals surface area contributed by atoms with E-state index in [0.717, 1.165) is 24.8 Å². The number of aryl methyl sites for hydroxylation is 2. The summed E-state index contributed by atoms with van der Waals surface area (Å²) >= 11 is 0. The zero-order chi connectivity index (χ0) is 19.5. The first-order valence-electron chi connectivity index (χ1n) is 10.7. The molecule has 0 saturated heterocycles. The van der Waals surface area contributed by atoms with Gasteiger partial charge in [0.05, 0.1) is 11.6 Å². The van der Waals surface area contributed by atoms with E-state index >= 15 is 0 Å². The van der Waals surface area contributed by atoms with E-state index in [2.05, 4.69) is 36.3 Å². The molecule has 0 spiro atoms. The summed E-state index contributed by atoms with van der Waals surface area (Å²) in [5.41, 5.74) is 3.94. The maximum Gasteiger partial charge on any atom is 0.228 e. The third-order valence-electron chi connectivity index (χ3n) is 7.70. The van der Waals surface area contributed by atoms with Crippen LogP contribution in [-0.4, -0.2) is 27.6 Å². The molecule has 4 heteroatoms. The maximum atomic E-state index is 13.7. The Bertz CT molecular complexity index is 883. The average Bonchev–Trinajstić information content (AvgIpc) is 3.05. The monoisotopic (exact) mass is 377 g/mol. The summed E-state index contributed by atoms with van der Waals surface area (Å²) in [5, 5.41) is 4.26. The van der Waals surface area contributed by atoms with E-state index in [4.69, 9.17) is 0 Å². The Morgan fingerprint density at radius 2 is 1.86 bits per heavy atom. The number of carbonyl (C=O) groups is 1. The number of hydrogen-bond acceptors (Lipinski definition) is 2. The van der Waals surface area contributed by atoms with Gasteiger partial charge in [-0.15, -0.1) is 0 Å². The minimum atomic E-state index is -0.161. The van der Waals surface area contributed by atoms with Crippen LogP contribution < -0.4 is 0 Å². The van der Waals surface area contributed by atoms with Gasteiger partial charge >= 0.3 is 0 Å². The third-order valence-corrected chi connectivity index (χ3v) is 7.70. The standard InChI is InChI=1S/C24H31N3O/c1-17-4-6-21(7-5-17)23-9-18-8-19(10-23)12-24(11-18,16-23)22(28)26(2)14-20-13-25-27(3)15-20/h4-7,13,15,18-19H,8-12,14,16H2,1-3H3. The predicted octanol–water partition coefficient (Wildman–Crippen LogP) is 4.23. The molecule has 4 nitrogen and oxygen atoms in total. The number of aromatic nitrogens is 2. The summed E-state index contributed by atoms with van der Waals surface area (Å²) in [6.45, 7) is 2.81. The van der Waals surface area contributed by atoms with Gasteiger partial charge in [0, 0.05) is 32.4 Å². The van der Waals surface area contributed by atoms with Crippen molar-refractivity contribution in [3.8, 4) is 0 Å². The van der Waals surface area contributed by atoms with Crippen molar-refractivity contribution in [1.29, 1.82) is 0 Å². The lowest BCUT2D eigenvalue weighted by atomic mass is 9.42. The fourth-order valence-corrected chi connectivity index (χ4v) is 7.06. The lowest BCUT2D eigenvalue weighted by Gasteiger charge is -2.62. The van der Waals surface area contributed by atoms with Gasteiger partial charge in [0.15, 0.2) is 0 Å². The molecule has 0 aliphatic heterocycles. The molecule has 4 saturated carbocycles. The molecule has 2 unspecified atom stereocenters. The smallest absolute Gasteiger partial charge is 0.228 e. The van der Waals surface area contributed by atoms with Gasteiger partial charge in [-0.3, -0.25) is 9.48 Å². The van der Waals surface area contributed by atoms with Gasteiger partial charge in [-0.05, 0) is 68.3 Å². The van der Waals surface area contributed by atoms with E-state index in [1.807, 2.05) is 36.1 Å². The molecule has 0 N–H and O–H groups in total. The highest BCUT2D eigenvalue weighted by atomic mass is 16.2. The second-order valence-corrected chi connectivity index (χ2v) is 10.1. The molecular formula is C24H31N3O. The summed E-state index contributed by atoms with van der Waals surface area (Å²) in [6.07, 6.45) is 11.0. The van der Waals surface area contributed by atoms with Crippen LogP contribution in [0.3, 0.4) is 0 Å². The van der Waals surface area contributed by atoms with Crippen molar-refractivity contribution in [3.05, 3.63) is 53.3 Å². The second kappa shape index (κ2) is 6.20. The number of amides is 1. The van der Waals surface area contributed by atoms with Crippen molar-refractivity contribution >= 4 is 5.91 Å². The molecule has 2 aromatic rings. The Morgan fingerprint density at radius 3 is 2.46 bits per heavy atom. The van der Waals surface area contributed by atoms with Gasteiger partial charge in [0.2, 0.25) is 5.91 Å². The van der Waals surface area contributed by atoms with E-state index in [0.29, 0.717) is 24.3 Å². The van der Waals surface area contributed by atoms with Gasteiger partial charge in [-0.1, -0.05) is 29.8 Å². The van der Waals surface area contributed by atoms with Crippen LogP contribution >= 0.6 is 0 Å². The molecule has 148 valence electrons. The largest absolute Gasteiger partial charge is 0.341 e. The second-order valence-electron chi connectivity index (χ2n) is 10.1. The van der Waals surface area contributed by atoms with Gasteiger partial charge < -0.3 is 4.90 Å². The number of hydrogen-bond donors (Lipinski definition) is 0. The molecule has 28 heavy (non-hydrogen) atoms. The molecule has 4 aliphatic carbocycles. The third kappa shape index (κ3) is 2.80. The molecule has 1 amide bonds. The summed E-state index contributed by atoms with van der Waals surface area (Å²) in [5.74, 6) is 1.78. The van der Waals surface area contributed by atoms with Gasteiger partial charge in [0.1, 0.15) is 0 Å². The minimum absolute atomic E-state index is 0.161. The highest BCUT2D eigenvalue weighted by molar-refractivity contribution is 5.83. The summed E-state index contributed by atoms with van der Waals surface area (Å²) < 4.78 is 1.81. The Labute approximate surface area is 167 Å². The van der Waals surface area contributed by atoms with Crippen LogP contribution in [-0.2, 0) is 23.8 Å². The zero-order valence-electron chi connectivity index (χ0n) is 17.3. The van der Waals surface area contributed by atoms with Gasteiger partial charge in [0.25, 0.3) is 0 Å². The van der Waals surface area contributed by atoms with Crippen molar-refractivity contribution in [3.63, 3.8) is 0 Å². The van der Waals surface area contributed by atoms with Crippen LogP contribution in [0.25, 0.3) is 0 Å². The summed E-state index contributed by atoms with van der Waals surface area (Å²) in [7, 11) is 3.90. The van der Waals surface area contributed by atoms with Crippen molar-refractivity contribution in [2.24, 2.45) is 24.3 Å². The van der Waals surface area contributed by atoms with E-state index in [-0.39, 0.29) is 10.8 Å². The van der Waals surface area contributed by atoms with Crippen LogP contribution in [0.1, 0.15) is 55.2 Å². The number of nitrogens with zero attached hydrogens (tertiary/aromatic N) is 3. The molecular weight excluding hydrogens is 346 g/mol. The maximum absolute atomic E-state index is 13.7. The molecule has 4 fully saturated rings. The molecule has 1 heterocycles. The lowest BCUT2D eigenvalue weighted by Crippen LogP contribution is -2.59. The van der Waals surface area contributed by atoms with Crippen molar-refractivity contribution in [2.45, 2.75) is 57.4 Å². The van der Waals surface area contributed by atoms with E-state index < -0.39 is 0 Å². The molecule has 6 rings (SSSR count). The topological polar surface area (TPSA) is 38.1 Å². The highest BCUT2D eigenvalue weighted by Gasteiger charge is 2.61. The number of rotatable bonds is 4. The van der Waals surface area contributed by atoms with E-state index in [1.54, 1.807) is 0 Å². The first-order valence-corrected chi connectivity index (χ1v) is 10.7. The zero-order valence-corrected chi connectivity index (χ0v) is 17.3. The van der Waals surface area contributed by atoms with Crippen LogP contribution in [0.4, 0.5) is 0 Å². The van der Waals surface area contributed by atoms with Gasteiger partial charge in [-0.2, -0.15) is 5.10 Å². The van der Waals surface area contributed by atoms with Crippen molar-refractivity contribution in [1.82, 2.24) is 14.7 Å². The van der Waals surface area contributed by atoms with Crippen LogP contribution in [0.2, 0.25) is 0 Å². The van der Waals surface area contributed by atoms with E-state index in [9.17, 15) is 4.79 Å². The SMILES string of the molecule is Cc1ccc(C23CC4CC(CC(C(=O)N(C)Cc5cnn(C)c5)(C4)C2)C3)cc1. The fourth-order valence-electron chi connectivity index (χ4n) is 7.06. The Kier molecular flexibility index (Phi) is 3.98. The Balaban J connectivity index is 1.44. The average molecular weight is 378 g/mol. The first kappa shape index (κ1) is 18.0.